The lowest BCUT2D eigenvalue weighted by Crippen LogP contribution is -2.44. The topological polar surface area (TPSA) is 71.3 Å². The second kappa shape index (κ2) is 5.64. The maximum Gasteiger partial charge on any atom is 0.391 e. The highest BCUT2D eigenvalue weighted by atomic mass is 79.9. The Kier molecular flexibility index (Phi) is 4.61. The molecular weight excluding hydrogens is 333 g/mol. The highest BCUT2D eigenvalue weighted by Crippen LogP contribution is 2.22. The maximum atomic E-state index is 12.2. The van der Waals surface area contributed by atoms with Crippen molar-refractivity contribution in [3.05, 3.63) is 22.4 Å². The summed E-state index contributed by atoms with van der Waals surface area (Å²) in [5.41, 5.74) is 0.0558. The summed E-state index contributed by atoms with van der Waals surface area (Å²) < 4.78 is 38.5. The third-order valence-corrected chi connectivity index (χ3v) is 2.68. The number of nitrogens with zero attached hydrogens (tertiary/aromatic N) is 1. The second-order valence-corrected chi connectivity index (χ2v) is 4.75. The fraction of sp³-hybridized carbons (Fsp3) is 0.400. The van der Waals surface area contributed by atoms with Crippen LogP contribution in [0.4, 0.5) is 13.2 Å². The lowest BCUT2D eigenvalue weighted by atomic mass is 10.2. The van der Waals surface area contributed by atoms with Crippen LogP contribution in [0.1, 0.15) is 16.9 Å². The molecule has 5 nitrogen and oxygen atoms in total. The van der Waals surface area contributed by atoms with E-state index in [2.05, 4.69) is 15.9 Å². The van der Waals surface area contributed by atoms with Gasteiger partial charge in [-0.3, -0.25) is 4.79 Å². The average molecular weight is 343 g/mol. The van der Waals surface area contributed by atoms with Gasteiger partial charge in [-0.25, -0.2) is 4.79 Å². The summed E-state index contributed by atoms with van der Waals surface area (Å²) in [6.45, 7) is 0. The first-order chi connectivity index (χ1) is 8.60. The van der Waals surface area contributed by atoms with Crippen molar-refractivity contribution in [2.75, 3.05) is 0 Å². The molecule has 0 aromatic carbocycles. The van der Waals surface area contributed by atoms with E-state index in [4.69, 9.17) is 5.11 Å². The van der Waals surface area contributed by atoms with Gasteiger partial charge in [0.25, 0.3) is 5.91 Å². The molecule has 1 atom stereocenters. The van der Waals surface area contributed by atoms with E-state index >= 15 is 0 Å². The Labute approximate surface area is 114 Å². The summed E-state index contributed by atoms with van der Waals surface area (Å²) in [4.78, 5) is 22.4. The molecule has 1 rings (SSSR count). The minimum Gasteiger partial charge on any atom is -0.480 e. The molecule has 1 heterocycles. The van der Waals surface area contributed by atoms with Gasteiger partial charge in [-0.15, -0.1) is 0 Å². The fourth-order valence-corrected chi connectivity index (χ4v) is 1.94. The lowest BCUT2D eigenvalue weighted by Gasteiger charge is -2.16. The number of alkyl halides is 3. The first-order valence-corrected chi connectivity index (χ1v) is 5.81. The van der Waals surface area contributed by atoms with Crippen molar-refractivity contribution in [3.8, 4) is 0 Å². The molecule has 19 heavy (non-hydrogen) atoms. The summed E-state index contributed by atoms with van der Waals surface area (Å²) >= 11 is 3.10. The Morgan fingerprint density at radius 2 is 2.11 bits per heavy atom. The van der Waals surface area contributed by atoms with Crippen LogP contribution in [0.2, 0.25) is 0 Å². The van der Waals surface area contributed by atoms with Gasteiger partial charge in [-0.05, 0) is 22.0 Å². The minimum atomic E-state index is -4.68. The summed E-state index contributed by atoms with van der Waals surface area (Å²) in [6, 6.07) is -0.636. The van der Waals surface area contributed by atoms with Crippen molar-refractivity contribution in [2.24, 2.45) is 7.05 Å². The Bertz CT molecular complexity index is 499. The van der Waals surface area contributed by atoms with Gasteiger partial charge in [0.1, 0.15) is 11.7 Å². The molecule has 0 aliphatic rings. The molecular formula is C10H10BrF3N2O3. The third kappa shape index (κ3) is 4.58. The van der Waals surface area contributed by atoms with Gasteiger partial charge >= 0.3 is 12.1 Å². The van der Waals surface area contributed by atoms with E-state index in [1.165, 1.54) is 23.9 Å². The van der Waals surface area contributed by atoms with Gasteiger partial charge in [0.05, 0.1) is 6.42 Å². The maximum absolute atomic E-state index is 12.2. The number of amides is 1. The van der Waals surface area contributed by atoms with Crippen molar-refractivity contribution in [1.82, 2.24) is 9.88 Å². The Morgan fingerprint density at radius 1 is 1.53 bits per heavy atom. The van der Waals surface area contributed by atoms with Crippen LogP contribution in [0, 0.1) is 0 Å². The zero-order valence-corrected chi connectivity index (χ0v) is 11.2. The van der Waals surface area contributed by atoms with Crippen LogP contribution >= 0.6 is 15.9 Å². The summed E-state index contributed by atoms with van der Waals surface area (Å²) in [7, 11) is 1.51. The molecule has 0 aliphatic carbocycles. The van der Waals surface area contributed by atoms with Gasteiger partial charge in [-0.2, -0.15) is 13.2 Å². The number of nitrogens with one attached hydrogen (secondary N) is 1. The van der Waals surface area contributed by atoms with Crippen LogP contribution < -0.4 is 5.32 Å². The molecule has 0 fully saturated rings. The molecule has 0 radical (unpaired) electrons. The van der Waals surface area contributed by atoms with Crippen molar-refractivity contribution >= 4 is 27.8 Å². The molecule has 9 heteroatoms. The van der Waals surface area contributed by atoms with E-state index in [-0.39, 0.29) is 5.69 Å². The van der Waals surface area contributed by atoms with E-state index in [0.29, 0.717) is 4.47 Å². The summed E-state index contributed by atoms with van der Waals surface area (Å²) in [5.74, 6) is -2.62. The number of aryl methyl sites for hydroxylation is 1. The number of rotatable bonds is 4. The van der Waals surface area contributed by atoms with Gasteiger partial charge in [0.2, 0.25) is 0 Å². The van der Waals surface area contributed by atoms with E-state index in [0.717, 1.165) is 0 Å². The third-order valence-electron chi connectivity index (χ3n) is 2.24. The van der Waals surface area contributed by atoms with Crippen molar-refractivity contribution in [2.45, 2.75) is 18.6 Å². The largest absolute Gasteiger partial charge is 0.480 e. The van der Waals surface area contributed by atoms with E-state index in [1.807, 2.05) is 5.32 Å². The van der Waals surface area contributed by atoms with Crippen LogP contribution in [-0.2, 0) is 11.8 Å². The number of carboxylic acids is 1. The van der Waals surface area contributed by atoms with Gasteiger partial charge < -0.3 is 15.0 Å². The zero-order valence-electron chi connectivity index (χ0n) is 9.66. The van der Waals surface area contributed by atoms with Crippen LogP contribution in [0.5, 0.6) is 0 Å². The molecule has 106 valence electrons. The average Bonchev–Trinajstić information content (AvgIpc) is 2.54. The highest BCUT2D eigenvalue weighted by molar-refractivity contribution is 9.10. The van der Waals surface area contributed by atoms with Crippen LogP contribution in [0.15, 0.2) is 16.7 Å². The molecule has 1 amide bonds. The molecule has 0 spiro atoms. The molecule has 1 unspecified atom stereocenters. The van der Waals surface area contributed by atoms with Crippen LogP contribution in [0.25, 0.3) is 0 Å². The second-order valence-electron chi connectivity index (χ2n) is 3.84. The number of halogens is 4. The fourth-order valence-electron chi connectivity index (χ4n) is 1.41. The SMILES string of the molecule is Cn1cc(Br)cc1C(=O)NC(CC(F)(F)F)C(=O)O. The number of aliphatic carboxylic acids is 1. The monoisotopic (exact) mass is 342 g/mol. The number of carboxylic acid groups (broad SMARTS) is 1. The number of hydrogen-bond acceptors (Lipinski definition) is 2. The standard InChI is InChI=1S/C10H10BrF3N2O3/c1-16-4-5(11)2-7(16)8(17)15-6(9(18)19)3-10(12,13)14/h2,4,6H,3H2,1H3,(H,15,17)(H,18,19). The number of aromatic nitrogens is 1. The molecule has 1 aromatic heterocycles. The van der Waals surface area contributed by atoms with Gasteiger partial charge in [-0.1, -0.05) is 0 Å². The Balaban J connectivity index is 2.83. The van der Waals surface area contributed by atoms with Crippen molar-refractivity contribution < 1.29 is 27.9 Å². The molecule has 1 aromatic rings. The van der Waals surface area contributed by atoms with E-state index in [1.54, 1.807) is 0 Å². The number of hydrogen-bond donors (Lipinski definition) is 2. The number of carbonyl (C=O) groups excluding carboxylic acids is 1. The molecule has 0 bridgehead atoms. The predicted molar refractivity (Wildman–Crippen MR) is 62.7 cm³/mol. The quantitative estimate of drug-likeness (QED) is 0.878. The Hall–Kier alpha value is -1.51. The van der Waals surface area contributed by atoms with E-state index < -0.39 is 30.5 Å². The summed E-state index contributed by atoms with van der Waals surface area (Å²) in [5, 5.41) is 10.5. The van der Waals surface area contributed by atoms with Crippen molar-refractivity contribution in [3.63, 3.8) is 0 Å². The molecule has 0 saturated carbocycles. The van der Waals surface area contributed by atoms with Crippen molar-refractivity contribution in [1.29, 1.82) is 0 Å². The van der Waals surface area contributed by atoms with Crippen LogP contribution in [-0.4, -0.2) is 33.8 Å². The smallest absolute Gasteiger partial charge is 0.391 e. The number of carbonyl (C=O) groups is 2. The molecule has 2 N–H and O–H groups in total. The van der Waals surface area contributed by atoms with Gasteiger partial charge in [0, 0.05) is 17.7 Å². The molecule has 0 saturated heterocycles. The van der Waals surface area contributed by atoms with E-state index in [9.17, 15) is 22.8 Å². The zero-order chi connectivity index (χ0) is 14.8. The lowest BCUT2D eigenvalue weighted by molar-refractivity contribution is -0.157. The van der Waals surface area contributed by atoms with Gasteiger partial charge in [0.15, 0.2) is 0 Å². The first-order valence-electron chi connectivity index (χ1n) is 5.02. The first kappa shape index (κ1) is 15.5. The Morgan fingerprint density at radius 3 is 2.47 bits per heavy atom. The normalized spacial score (nSPS) is 13.1. The minimum absolute atomic E-state index is 0.0558. The molecule has 0 aliphatic heterocycles. The highest BCUT2D eigenvalue weighted by Gasteiger charge is 2.36. The van der Waals surface area contributed by atoms with Crippen LogP contribution in [0.3, 0.4) is 0 Å². The summed E-state index contributed by atoms with van der Waals surface area (Å²) in [6.07, 6.45) is -4.78. The predicted octanol–water partition coefficient (Wildman–Crippen LogP) is 1.92.